The van der Waals surface area contributed by atoms with Crippen molar-refractivity contribution in [3.05, 3.63) is 48.6 Å². The molecule has 2 nitrogen and oxygen atoms in total. The summed E-state index contributed by atoms with van der Waals surface area (Å²) in [7, 11) is 0. The molecular formula is C15H22O2. The number of ether oxygens (including phenoxy) is 1. The highest BCUT2D eigenvalue weighted by atomic mass is 16.5. The zero-order valence-corrected chi connectivity index (χ0v) is 10.7. The highest BCUT2D eigenvalue weighted by Gasteiger charge is 2.16. The molecule has 0 amide bonds. The number of hydrogen-bond donors (Lipinski definition) is 1. The average Bonchev–Trinajstić information content (AvgIpc) is 2.36. The number of rotatable bonds is 7. The maximum absolute atomic E-state index is 9.92. The Balaban J connectivity index is 2.34. The molecule has 1 N–H and O–H groups in total. The normalized spacial score (nSPS) is 16.2. The minimum Gasteiger partial charge on any atom is -0.390 e. The molecule has 0 spiro atoms. The van der Waals surface area contributed by atoms with Gasteiger partial charge < -0.3 is 9.84 Å². The first kappa shape index (κ1) is 13.9. The Kier molecular flexibility index (Phi) is 5.95. The summed E-state index contributed by atoms with van der Waals surface area (Å²) in [5.41, 5.74) is 1.13. The molecule has 17 heavy (non-hydrogen) atoms. The van der Waals surface area contributed by atoms with Gasteiger partial charge in [-0.2, -0.15) is 0 Å². The van der Waals surface area contributed by atoms with E-state index < -0.39 is 6.10 Å². The fraction of sp³-hybridized carbons (Fsp3) is 0.467. The summed E-state index contributed by atoms with van der Waals surface area (Å²) in [6.07, 6.45) is 1.95. The van der Waals surface area contributed by atoms with Crippen LogP contribution < -0.4 is 0 Å². The first-order valence-corrected chi connectivity index (χ1v) is 6.09. The van der Waals surface area contributed by atoms with Crippen molar-refractivity contribution in [2.75, 3.05) is 0 Å². The quantitative estimate of drug-likeness (QED) is 0.734. The molecule has 94 valence electrons. The molecule has 0 fully saturated rings. The van der Waals surface area contributed by atoms with Crippen LogP contribution >= 0.6 is 0 Å². The average molecular weight is 234 g/mol. The lowest BCUT2D eigenvalue weighted by molar-refractivity contribution is -0.0411. The molecule has 0 heterocycles. The van der Waals surface area contributed by atoms with Crippen molar-refractivity contribution in [1.82, 2.24) is 0 Å². The number of aliphatic hydroxyl groups is 1. The number of allylic oxidation sites excluding steroid dienone is 1. The third kappa shape index (κ3) is 5.16. The van der Waals surface area contributed by atoms with Gasteiger partial charge in [-0.1, -0.05) is 43.3 Å². The molecule has 0 saturated heterocycles. The molecular weight excluding hydrogens is 212 g/mol. The van der Waals surface area contributed by atoms with Crippen LogP contribution in [0.2, 0.25) is 0 Å². The summed E-state index contributed by atoms with van der Waals surface area (Å²) in [4.78, 5) is 0. The van der Waals surface area contributed by atoms with E-state index in [4.69, 9.17) is 4.74 Å². The summed E-state index contributed by atoms with van der Waals surface area (Å²) in [6.45, 7) is 8.21. The third-order valence-electron chi connectivity index (χ3n) is 2.91. The van der Waals surface area contributed by atoms with Gasteiger partial charge in [0, 0.05) is 0 Å². The second-order valence-corrected chi connectivity index (χ2v) is 4.52. The number of benzene rings is 1. The Hall–Kier alpha value is -1.12. The van der Waals surface area contributed by atoms with Gasteiger partial charge in [-0.05, 0) is 24.8 Å². The molecule has 2 heteroatoms. The molecule has 0 saturated carbocycles. The highest BCUT2D eigenvalue weighted by Crippen LogP contribution is 2.13. The summed E-state index contributed by atoms with van der Waals surface area (Å²) in [6, 6.07) is 9.99. The van der Waals surface area contributed by atoms with Gasteiger partial charge in [0.05, 0.1) is 18.8 Å². The second-order valence-electron chi connectivity index (χ2n) is 4.52. The predicted molar refractivity (Wildman–Crippen MR) is 70.7 cm³/mol. The molecule has 3 atom stereocenters. The zero-order chi connectivity index (χ0) is 12.7. The molecule has 0 aliphatic carbocycles. The zero-order valence-electron chi connectivity index (χ0n) is 10.7. The largest absolute Gasteiger partial charge is 0.390 e. The number of hydrogen-bond acceptors (Lipinski definition) is 2. The lowest BCUT2D eigenvalue weighted by Gasteiger charge is -2.21. The van der Waals surface area contributed by atoms with E-state index in [9.17, 15) is 5.11 Å². The number of aliphatic hydroxyl groups excluding tert-OH is 1. The maximum Gasteiger partial charge on any atom is 0.0810 e. The molecule has 0 bridgehead atoms. The van der Waals surface area contributed by atoms with Crippen molar-refractivity contribution < 1.29 is 9.84 Å². The predicted octanol–water partition coefficient (Wildman–Crippen LogP) is 3.16. The smallest absolute Gasteiger partial charge is 0.0810 e. The lowest BCUT2D eigenvalue weighted by atomic mass is 10.0. The van der Waals surface area contributed by atoms with Crippen molar-refractivity contribution in [2.24, 2.45) is 5.92 Å². The van der Waals surface area contributed by atoms with E-state index in [2.05, 4.69) is 6.58 Å². The lowest BCUT2D eigenvalue weighted by Crippen LogP contribution is -2.27. The van der Waals surface area contributed by atoms with Crippen LogP contribution in [0.15, 0.2) is 43.0 Å². The molecule has 0 radical (unpaired) electrons. The Morgan fingerprint density at radius 3 is 2.53 bits per heavy atom. The topological polar surface area (TPSA) is 29.5 Å². The van der Waals surface area contributed by atoms with E-state index in [1.807, 2.05) is 50.3 Å². The first-order valence-electron chi connectivity index (χ1n) is 6.09. The first-order chi connectivity index (χ1) is 8.13. The van der Waals surface area contributed by atoms with Gasteiger partial charge in [0.25, 0.3) is 0 Å². The minimum atomic E-state index is -0.438. The van der Waals surface area contributed by atoms with Crippen molar-refractivity contribution in [3.63, 3.8) is 0 Å². The van der Waals surface area contributed by atoms with E-state index in [0.29, 0.717) is 18.9 Å². The van der Waals surface area contributed by atoms with Gasteiger partial charge >= 0.3 is 0 Å². The second kappa shape index (κ2) is 7.25. The molecule has 0 aliphatic rings. The van der Waals surface area contributed by atoms with Gasteiger partial charge in [0.15, 0.2) is 0 Å². The van der Waals surface area contributed by atoms with Crippen molar-refractivity contribution in [1.29, 1.82) is 0 Å². The third-order valence-corrected chi connectivity index (χ3v) is 2.91. The molecule has 0 aromatic heterocycles. The molecule has 1 aromatic carbocycles. The van der Waals surface area contributed by atoms with Crippen LogP contribution in [0.4, 0.5) is 0 Å². The van der Waals surface area contributed by atoms with Crippen LogP contribution in [0.25, 0.3) is 0 Å². The van der Waals surface area contributed by atoms with E-state index in [0.717, 1.165) is 5.56 Å². The van der Waals surface area contributed by atoms with Crippen LogP contribution in [0.3, 0.4) is 0 Å². The maximum atomic E-state index is 9.92. The molecule has 0 aliphatic heterocycles. The van der Waals surface area contributed by atoms with Crippen LogP contribution in [0.1, 0.15) is 25.8 Å². The van der Waals surface area contributed by atoms with Crippen LogP contribution in [0, 0.1) is 5.92 Å². The Morgan fingerprint density at radius 1 is 1.29 bits per heavy atom. The Morgan fingerprint density at radius 2 is 1.94 bits per heavy atom. The fourth-order valence-electron chi connectivity index (χ4n) is 1.58. The van der Waals surface area contributed by atoms with E-state index >= 15 is 0 Å². The summed E-state index contributed by atoms with van der Waals surface area (Å²) < 4.78 is 5.65. The van der Waals surface area contributed by atoms with Gasteiger partial charge in [-0.15, -0.1) is 6.58 Å². The van der Waals surface area contributed by atoms with Gasteiger partial charge in [0.2, 0.25) is 0 Å². The Bertz CT molecular complexity index is 321. The molecule has 0 unspecified atom stereocenters. The van der Waals surface area contributed by atoms with E-state index in [1.54, 1.807) is 0 Å². The van der Waals surface area contributed by atoms with Crippen molar-refractivity contribution in [3.8, 4) is 0 Å². The van der Waals surface area contributed by atoms with E-state index in [1.165, 1.54) is 0 Å². The molecule has 1 rings (SSSR count). The van der Waals surface area contributed by atoms with E-state index in [-0.39, 0.29) is 6.10 Å². The minimum absolute atomic E-state index is 0.155. The van der Waals surface area contributed by atoms with Gasteiger partial charge in [0.1, 0.15) is 0 Å². The summed E-state index contributed by atoms with van der Waals surface area (Å²) in [5.74, 6) is 0.313. The monoisotopic (exact) mass is 234 g/mol. The van der Waals surface area contributed by atoms with Crippen LogP contribution in [-0.4, -0.2) is 17.3 Å². The van der Waals surface area contributed by atoms with Crippen molar-refractivity contribution in [2.45, 2.75) is 39.1 Å². The van der Waals surface area contributed by atoms with Crippen LogP contribution in [0.5, 0.6) is 0 Å². The summed E-state index contributed by atoms with van der Waals surface area (Å²) >= 11 is 0. The molecule has 1 aromatic rings. The van der Waals surface area contributed by atoms with Crippen molar-refractivity contribution >= 4 is 0 Å². The van der Waals surface area contributed by atoms with Crippen LogP contribution in [-0.2, 0) is 11.3 Å². The summed E-state index contributed by atoms with van der Waals surface area (Å²) in [5, 5.41) is 9.92. The van der Waals surface area contributed by atoms with Gasteiger partial charge in [-0.25, -0.2) is 0 Å². The Labute approximate surface area is 104 Å². The van der Waals surface area contributed by atoms with Gasteiger partial charge in [-0.3, -0.25) is 0 Å². The highest BCUT2D eigenvalue weighted by molar-refractivity contribution is 5.13. The fourth-order valence-corrected chi connectivity index (χ4v) is 1.58. The SMILES string of the molecule is C=C[C@@H](C)C[C@H](O)[C@H](C)OCc1ccccc1. The standard InChI is InChI=1S/C15H22O2/c1-4-12(2)10-15(16)13(3)17-11-14-8-6-5-7-9-14/h4-9,12-13,15-16H,1,10-11H2,2-3H3/t12-,13+,15+/m1/s1.